The Kier molecular flexibility index (Phi) is 7.42. The Balaban J connectivity index is 1.06. The summed E-state index contributed by atoms with van der Waals surface area (Å²) in [6.07, 6.45) is 13.9. The summed E-state index contributed by atoms with van der Waals surface area (Å²) < 4.78 is 0. The van der Waals surface area contributed by atoms with E-state index in [0.717, 1.165) is 12.8 Å². The van der Waals surface area contributed by atoms with Crippen molar-refractivity contribution in [2.75, 3.05) is 0 Å². The summed E-state index contributed by atoms with van der Waals surface area (Å²) in [5.74, 6) is 0.730. The highest BCUT2D eigenvalue weighted by molar-refractivity contribution is 7.04. The predicted octanol–water partition coefficient (Wildman–Crippen LogP) is 16.8. The van der Waals surface area contributed by atoms with E-state index in [1.54, 1.807) is 0 Å². The minimum absolute atomic E-state index is 0.365. The molecule has 330 valence electrons. The fourth-order valence-corrected chi connectivity index (χ4v) is 18.0. The van der Waals surface area contributed by atoms with Crippen LogP contribution >= 0.6 is 0 Å². The molecule has 0 radical (unpaired) electrons. The fraction of sp³-hybridized carbons (Fsp3) is 0.0857. The lowest BCUT2D eigenvalue weighted by atomic mass is 9.80. The Morgan fingerprint density at radius 2 is 1.03 bits per heavy atom. The molecule has 0 bridgehead atoms. The third-order valence-corrected chi connectivity index (χ3v) is 21.5. The molecule has 2 atom stereocenters. The van der Waals surface area contributed by atoms with E-state index in [1.165, 1.54) is 164 Å². The average molecular weight is 915 g/mol. The third kappa shape index (κ3) is 4.90. The molecule has 12 aromatic carbocycles. The number of rotatable bonds is 3. The normalized spacial score (nSPS) is 17.2. The second-order valence-electron chi connectivity index (χ2n) is 21.6. The first-order valence-corrected chi connectivity index (χ1v) is 28.7. The summed E-state index contributed by atoms with van der Waals surface area (Å²) in [5.41, 5.74) is 20.5. The molecule has 0 amide bonds. The van der Waals surface area contributed by atoms with Gasteiger partial charge in [0.1, 0.15) is 8.07 Å². The molecule has 17 rings (SSSR count). The van der Waals surface area contributed by atoms with Crippen molar-refractivity contribution in [2.24, 2.45) is 0 Å². The highest BCUT2D eigenvalue weighted by Crippen LogP contribution is 2.56. The number of allylic oxidation sites excluding steroid dienone is 4. The van der Waals surface area contributed by atoms with Crippen molar-refractivity contribution in [1.82, 2.24) is 0 Å². The molecule has 0 fully saturated rings. The monoisotopic (exact) mass is 914 g/mol. The molecule has 2 unspecified atom stereocenters. The van der Waals surface area contributed by atoms with Crippen LogP contribution in [0.5, 0.6) is 0 Å². The highest BCUT2D eigenvalue weighted by Gasteiger charge is 2.39. The van der Waals surface area contributed by atoms with Gasteiger partial charge in [-0.3, -0.25) is 0 Å². The molecule has 12 aromatic rings. The molecule has 4 aliphatic carbocycles. The van der Waals surface area contributed by atoms with Crippen LogP contribution in [-0.2, 0) is 6.42 Å². The lowest BCUT2D eigenvalue weighted by molar-refractivity contribution is 0.769. The summed E-state index contributed by atoms with van der Waals surface area (Å²) in [7, 11) is -2.10. The summed E-state index contributed by atoms with van der Waals surface area (Å²) in [6.45, 7) is 5.15. The molecule has 1 heteroatoms. The van der Waals surface area contributed by atoms with Crippen LogP contribution < -0.4 is 15.6 Å². The standard InChI is InChI=1S/C70H46Si/c1-71(2)63-26-8-7-20-47(63)59-37-61-62(38-64(59)71)70(56-34-32-54-46-19-6-4-17-44(46)49-23-12-25-51(56)68(49)54)60-35-41(58-36-42-15-9-13-39-27-28-40-14-10-21-52(58)66(40)65(39)42)29-30-57(60)69(61)55-33-31-53-45-18-5-3-16-43(45)48-22-11-24-50(55)67(48)53/h3-9,11-20,22-38,43,45H,10,21H2,1-2H3. The van der Waals surface area contributed by atoms with Gasteiger partial charge in [-0.1, -0.05) is 201 Å². The summed E-state index contributed by atoms with van der Waals surface area (Å²) in [6, 6.07) is 69.4. The number of benzene rings is 12. The van der Waals surface area contributed by atoms with Gasteiger partial charge in [0, 0.05) is 11.8 Å². The van der Waals surface area contributed by atoms with Gasteiger partial charge >= 0.3 is 0 Å². The highest BCUT2D eigenvalue weighted by atomic mass is 28.3. The topological polar surface area (TPSA) is 0 Å². The first-order chi connectivity index (χ1) is 35.0. The molecule has 0 saturated carbocycles. The molecule has 0 saturated heterocycles. The lowest BCUT2D eigenvalue weighted by Crippen LogP contribution is -2.49. The minimum Gasteiger partial charge on any atom is -0.0763 e. The van der Waals surface area contributed by atoms with Crippen molar-refractivity contribution in [3.8, 4) is 66.8 Å². The largest absolute Gasteiger partial charge is 0.113 e. The number of hydrogen-bond donors (Lipinski definition) is 0. The number of aryl methyl sites for hydroxylation is 1. The molecule has 0 N–H and O–H groups in total. The molecule has 1 heterocycles. The van der Waals surface area contributed by atoms with Gasteiger partial charge in [-0.2, -0.15) is 0 Å². The van der Waals surface area contributed by atoms with Crippen LogP contribution in [0.15, 0.2) is 200 Å². The molecule has 5 aliphatic rings. The maximum Gasteiger partial charge on any atom is 0.113 e. The van der Waals surface area contributed by atoms with Gasteiger partial charge in [0.25, 0.3) is 0 Å². The van der Waals surface area contributed by atoms with Crippen LogP contribution in [0, 0.1) is 0 Å². The van der Waals surface area contributed by atoms with E-state index in [2.05, 4.69) is 219 Å². The first kappa shape index (κ1) is 38.7. The SMILES string of the molecule is C[Si]1(C)c2ccccc2-c2cc3c(-c4ccc5c6c(cccc46)C4C=CC=CC54)c4ccc(-c5cc6cccc7ccc8c(c5CCC=8)c76)cc4c(-c4ccc5c6c(cccc46)-c4ccccc4-5)c3cc21. The molecule has 0 nitrogen and oxygen atoms in total. The minimum atomic E-state index is -2.10. The van der Waals surface area contributed by atoms with Gasteiger partial charge in [-0.05, 0) is 195 Å². The Bertz CT molecular complexity index is 4560. The van der Waals surface area contributed by atoms with Gasteiger partial charge < -0.3 is 0 Å². The van der Waals surface area contributed by atoms with Crippen LogP contribution in [0.1, 0.15) is 34.9 Å². The van der Waals surface area contributed by atoms with Crippen molar-refractivity contribution in [2.45, 2.75) is 37.8 Å². The number of fused-ring (bicyclic) bond motifs is 11. The van der Waals surface area contributed by atoms with E-state index in [1.807, 2.05) is 0 Å². The second kappa shape index (κ2) is 13.6. The summed E-state index contributed by atoms with van der Waals surface area (Å²) >= 11 is 0. The first-order valence-electron chi connectivity index (χ1n) is 25.7. The maximum absolute atomic E-state index is 2.69. The Morgan fingerprint density at radius 3 is 1.87 bits per heavy atom. The van der Waals surface area contributed by atoms with Gasteiger partial charge in [-0.25, -0.2) is 0 Å². The average Bonchev–Trinajstić information content (AvgIpc) is 4.01. The predicted molar refractivity (Wildman–Crippen MR) is 306 cm³/mol. The third-order valence-electron chi connectivity index (χ3n) is 18.0. The van der Waals surface area contributed by atoms with E-state index >= 15 is 0 Å². The quantitative estimate of drug-likeness (QED) is 0.122. The van der Waals surface area contributed by atoms with E-state index in [0.29, 0.717) is 11.8 Å². The fourth-order valence-electron chi connectivity index (χ4n) is 14.9. The van der Waals surface area contributed by atoms with Crippen molar-refractivity contribution in [3.63, 3.8) is 0 Å². The van der Waals surface area contributed by atoms with Crippen LogP contribution in [0.25, 0.3) is 137 Å². The zero-order chi connectivity index (χ0) is 46.4. The lowest BCUT2D eigenvalue weighted by Gasteiger charge is -2.24. The van der Waals surface area contributed by atoms with Crippen LogP contribution in [0.2, 0.25) is 13.1 Å². The zero-order valence-corrected chi connectivity index (χ0v) is 40.7. The van der Waals surface area contributed by atoms with Crippen molar-refractivity contribution in [3.05, 3.63) is 222 Å². The second-order valence-corrected chi connectivity index (χ2v) is 25.9. The van der Waals surface area contributed by atoms with Gasteiger partial charge in [0.2, 0.25) is 0 Å². The van der Waals surface area contributed by atoms with Crippen molar-refractivity contribution >= 4 is 89.2 Å². The van der Waals surface area contributed by atoms with Crippen molar-refractivity contribution < 1.29 is 0 Å². The van der Waals surface area contributed by atoms with Gasteiger partial charge in [0.05, 0.1) is 0 Å². The molecular weight excluding hydrogens is 869 g/mol. The van der Waals surface area contributed by atoms with Crippen LogP contribution in [0.4, 0.5) is 0 Å². The Morgan fingerprint density at radius 1 is 0.380 bits per heavy atom. The smallest absolute Gasteiger partial charge is 0.0763 e. The summed E-state index contributed by atoms with van der Waals surface area (Å²) in [5, 5.41) is 20.7. The molecule has 0 spiro atoms. The van der Waals surface area contributed by atoms with E-state index < -0.39 is 8.07 Å². The van der Waals surface area contributed by atoms with Gasteiger partial charge in [-0.15, -0.1) is 0 Å². The van der Waals surface area contributed by atoms with E-state index in [9.17, 15) is 0 Å². The van der Waals surface area contributed by atoms with Crippen LogP contribution in [0.3, 0.4) is 0 Å². The molecular formula is C70H46Si. The van der Waals surface area contributed by atoms with E-state index in [4.69, 9.17) is 0 Å². The summed E-state index contributed by atoms with van der Waals surface area (Å²) in [4.78, 5) is 0. The Hall–Kier alpha value is -8.10. The Labute approximate surface area is 413 Å². The van der Waals surface area contributed by atoms with Gasteiger partial charge in [0.15, 0.2) is 0 Å². The zero-order valence-electron chi connectivity index (χ0n) is 39.7. The molecule has 1 aliphatic heterocycles. The molecule has 71 heavy (non-hydrogen) atoms. The molecule has 0 aromatic heterocycles. The van der Waals surface area contributed by atoms with E-state index in [-0.39, 0.29) is 0 Å². The maximum atomic E-state index is 2.69. The van der Waals surface area contributed by atoms with Crippen LogP contribution in [-0.4, -0.2) is 8.07 Å². The van der Waals surface area contributed by atoms with Crippen molar-refractivity contribution in [1.29, 1.82) is 0 Å². The number of hydrogen-bond acceptors (Lipinski definition) is 0.